The lowest BCUT2D eigenvalue weighted by molar-refractivity contribution is -0.140. The van der Waals surface area contributed by atoms with Crippen LogP contribution in [0.5, 0.6) is 0 Å². The molecule has 0 aliphatic carbocycles. The summed E-state index contributed by atoms with van der Waals surface area (Å²) in [7, 11) is 0. The number of esters is 1. The summed E-state index contributed by atoms with van der Waals surface area (Å²) in [5, 5.41) is 0. The van der Waals surface area contributed by atoms with E-state index in [-0.39, 0.29) is 5.97 Å². The van der Waals surface area contributed by atoms with Gasteiger partial charge in [-0.25, -0.2) is 4.79 Å². The number of rotatable bonds is 4. The van der Waals surface area contributed by atoms with Gasteiger partial charge in [0.15, 0.2) is 5.56 Å². The lowest BCUT2D eigenvalue weighted by Crippen LogP contribution is -2.10. The molecule has 0 spiro atoms. The SMILES string of the molecule is C/C(=C\CCCl)C(=O)OC(C)Cl. The van der Waals surface area contributed by atoms with Gasteiger partial charge >= 0.3 is 5.97 Å². The summed E-state index contributed by atoms with van der Waals surface area (Å²) in [6, 6.07) is 0. The minimum absolute atomic E-state index is 0.386. The van der Waals surface area contributed by atoms with Crippen molar-refractivity contribution in [3.05, 3.63) is 11.6 Å². The monoisotopic (exact) mass is 210 g/mol. The topological polar surface area (TPSA) is 26.3 Å². The molecule has 2 nitrogen and oxygen atoms in total. The maximum atomic E-state index is 11.0. The summed E-state index contributed by atoms with van der Waals surface area (Å²) in [6.07, 6.45) is 2.40. The summed E-state index contributed by atoms with van der Waals surface area (Å²) < 4.78 is 4.72. The Morgan fingerprint density at radius 1 is 1.67 bits per heavy atom. The molecular formula is C8H12Cl2O2. The fraction of sp³-hybridized carbons (Fsp3) is 0.625. The van der Waals surface area contributed by atoms with Crippen LogP contribution >= 0.6 is 23.2 Å². The Bertz CT molecular complexity index is 176. The van der Waals surface area contributed by atoms with E-state index >= 15 is 0 Å². The van der Waals surface area contributed by atoms with E-state index in [0.717, 1.165) is 0 Å². The van der Waals surface area contributed by atoms with Gasteiger partial charge in [0.05, 0.1) is 0 Å². The molecule has 0 aromatic carbocycles. The first-order valence-electron chi connectivity index (χ1n) is 3.65. The van der Waals surface area contributed by atoms with Crippen LogP contribution in [-0.2, 0) is 9.53 Å². The van der Waals surface area contributed by atoms with E-state index in [2.05, 4.69) is 0 Å². The molecular weight excluding hydrogens is 199 g/mol. The minimum atomic E-state index is -0.586. The molecule has 70 valence electrons. The molecule has 0 aliphatic heterocycles. The molecule has 4 heteroatoms. The van der Waals surface area contributed by atoms with Gasteiger partial charge in [0.1, 0.15) is 0 Å². The molecule has 0 aromatic rings. The number of hydrogen-bond donors (Lipinski definition) is 0. The van der Waals surface area contributed by atoms with Crippen molar-refractivity contribution in [1.82, 2.24) is 0 Å². The molecule has 0 rings (SSSR count). The molecule has 0 bridgehead atoms. The van der Waals surface area contributed by atoms with E-state index < -0.39 is 5.56 Å². The maximum Gasteiger partial charge on any atom is 0.334 e. The van der Waals surface area contributed by atoms with Gasteiger partial charge in [-0.2, -0.15) is 0 Å². The zero-order chi connectivity index (χ0) is 9.56. The van der Waals surface area contributed by atoms with Gasteiger partial charge in [0.2, 0.25) is 0 Å². The molecule has 1 unspecified atom stereocenters. The van der Waals surface area contributed by atoms with Crippen molar-refractivity contribution < 1.29 is 9.53 Å². The van der Waals surface area contributed by atoms with Crippen LogP contribution in [0.2, 0.25) is 0 Å². The molecule has 0 heterocycles. The first-order chi connectivity index (χ1) is 5.57. The summed E-state index contributed by atoms with van der Waals surface area (Å²) >= 11 is 10.9. The Morgan fingerprint density at radius 2 is 2.25 bits per heavy atom. The van der Waals surface area contributed by atoms with Crippen LogP contribution in [0.15, 0.2) is 11.6 Å². The molecule has 0 saturated carbocycles. The van der Waals surface area contributed by atoms with E-state index in [1.165, 1.54) is 0 Å². The van der Waals surface area contributed by atoms with Crippen molar-refractivity contribution in [3.8, 4) is 0 Å². The third-order valence-corrected chi connectivity index (χ3v) is 1.46. The fourth-order valence-corrected chi connectivity index (χ4v) is 0.785. The Hall–Kier alpha value is -0.210. The molecule has 12 heavy (non-hydrogen) atoms. The standard InChI is InChI=1S/C8H12Cl2O2/c1-6(4-3-5-9)8(11)12-7(2)10/h4,7H,3,5H2,1-2H3/b6-4+. The van der Waals surface area contributed by atoms with Gasteiger partial charge in [-0.15, -0.1) is 11.6 Å². The molecule has 0 N–H and O–H groups in total. The minimum Gasteiger partial charge on any atom is -0.443 e. The van der Waals surface area contributed by atoms with Gasteiger partial charge in [-0.3, -0.25) is 0 Å². The number of ether oxygens (including phenoxy) is 1. The lowest BCUT2D eigenvalue weighted by Gasteiger charge is -2.05. The normalized spacial score (nSPS) is 14.2. The average Bonchev–Trinajstić information content (AvgIpc) is 1.98. The van der Waals surface area contributed by atoms with Gasteiger partial charge < -0.3 is 4.74 Å². The van der Waals surface area contributed by atoms with Crippen molar-refractivity contribution in [2.24, 2.45) is 0 Å². The second kappa shape index (κ2) is 6.32. The fourth-order valence-electron chi connectivity index (χ4n) is 0.595. The van der Waals surface area contributed by atoms with Gasteiger partial charge in [0.25, 0.3) is 0 Å². The number of hydrogen-bond acceptors (Lipinski definition) is 2. The van der Waals surface area contributed by atoms with E-state index in [4.69, 9.17) is 27.9 Å². The van der Waals surface area contributed by atoms with Crippen LogP contribution in [0, 0.1) is 0 Å². The Kier molecular flexibility index (Phi) is 6.21. The molecule has 0 radical (unpaired) electrons. The predicted octanol–water partition coefficient (Wildman–Crippen LogP) is 2.69. The third-order valence-electron chi connectivity index (χ3n) is 1.15. The first kappa shape index (κ1) is 11.8. The van der Waals surface area contributed by atoms with Crippen LogP contribution in [0.3, 0.4) is 0 Å². The molecule has 0 aromatic heterocycles. The van der Waals surface area contributed by atoms with Crippen LogP contribution in [0.4, 0.5) is 0 Å². The highest BCUT2D eigenvalue weighted by atomic mass is 35.5. The molecule has 0 fully saturated rings. The van der Waals surface area contributed by atoms with Crippen molar-refractivity contribution >= 4 is 29.2 Å². The van der Waals surface area contributed by atoms with Crippen molar-refractivity contribution in [2.45, 2.75) is 25.8 Å². The second-order valence-electron chi connectivity index (χ2n) is 2.31. The van der Waals surface area contributed by atoms with Crippen LogP contribution in [0.25, 0.3) is 0 Å². The number of carbonyl (C=O) groups is 1. The van der Waals surface area contributed by atoms with Gasteiger partial charge in [-0.05, 0) is 20.3 Å². The Labute approximate surface area is 82.5 Å². The summed E-state index contributed by atoms with van der Waals surface area (Å²) in [5.74, 6) is 0.115. The molecule has 0 aliphatic rings. The molecule has 1 atom stereocenters. The zero-order valence-electron chi connectivity index (χ0n) is 7.14. The number of allylic oxidation sites excluding steroid dienone is 1. The smallest absolute Gasteiger partial charge is 0.334 e. The maximum absolute atomic E-state index is 11.0. The number of alkyl halides is 2. The average molecular weight is 211 g/mol. The highest BCUT2D eigenvalue weighted by molar-refractivity contribution is 6.20. The first-order valence-corrected chi connectivity index (χ1v) is 4.62. The van der Waals surface area contributed by atoms with Crippen LogP contribution in [0.1, 0.15) is 20.3 Å². The highest BCUT2D eigenvalue weighted by Gasteiger charge is 2.07. The quantitative estimate of drug-likeness (QED) is 0.406. The summed E-state index contributed by atoms with van der Waals surface area (Å²) in [4.78, 5) is 11.0. The zero-order valence-corrected chi connectivity index (χ0v) is 8.65. The largest absolute Gasteiger partial charge is 0.443 e. The predicted molar refractivity (Wildman–Crippen MR) is 50.5 cm³/mol. The number of carbonyl (C=O) groups excluding carboxylic acids is 1. The Balaban J connectivity index is 3.92. The lowest BCUT2D eigenvalue weighted by atomic mass is 10.2. The Morgan fingerprint density at radius 3 is 2.67 bits per heavy atom. The van der Waals surface area contributed by atoms with E-state index in [0.29, 0.717) is 17.9 Å². The number of halogens is 2. The summed E-state index contributed by atoms with van der Waals surface area (Å²) in [6.45, 7) is 3.27. The van der Waals surface area contributed by atoms with Crippen molar-refractivity contribution in [3.63, 3.8) is 0 Å². The summed E-state index contributed by atoms with van der Waals surface area (Å²) in [5.41, 5.74) is -0.0417. The molecule has 0 saturated heterocycles. The molecule has 0 amide bonds. The third kappa shape index (κ3) is 5.44. The van der Waals surface area contributed by atoms with Crippen molar-refractivity contribution in [2.75, 3.05) is 5.88 Å². The van der Waals surface area contributed by atoms with Gasteiger partial charge in [-0.1, -0.05) is 17.7 Å². The van der Waals surface area contributed by atoms with E-state index in [1.54, 1.807) is 19.9 Å². The van der Waals surface area contributed by atoms with E-state index in [1.807, 2.05) is 0 Å². The highest BCUT2D eigenvalue weighted by Crippen LogP contribution is 2.04. The van der Waals surface area contributed by atoms with Crippen LogP contribution in [-0.4, -0.2) is 17.4 Å². The van der Waals surface area contributed by atoms with Crippen molar-refractivity contribution in [1.29, 1.82) is 0 Å². The second-order valence-corrected chi connectivity index (χ2v) is 3.31. The van der Waals surface area contributed by atoms with Gasteiger partial charge in [0, 0.05) is 11.5 Å². The van der Waals surface area contributed by atoms with Crippen LogP contribution < -0.4 is 0 Å². The van der Waals surface area contributed by atoms with E-state index in [9.17, 15) is 4.79 Å².